The van der Waals surface area contributed by atoms with Crippen molar-refractivity contribution in [3.63, 3.8) is 0 Å². The second kappa shape index (κ2) is 7.26. The summed E-state index contributed by atoms with van der Waals surface area (Å²) in [6, 6.07) is 13.5. The largest absolute Gasteiger partial charge is 0.484 e. The zero-order valence-corrected chi connectivity index (χ0v) is 13.2. The van der Waals surface area contributed by atoms with Gasteiger partial charge in [-0.2, -0.15) is 0 Å². The lowest BCUT2D eigenvalue weighted by atomic mass is 10.1. The van der Waals surface area contributed by atoms with Crippen molar-refractivity contribution in [3.05, 3.63) is 42.5 Å². The molecular weight excluding hydrogens is 302 g/mol. The van der Waals surface area contributed by atoms with Gasteiger partial charge >= 0.3 is 0 Å². The Bertz CT molecular complexity index is 756. The lowest BCUT2D eigenvalue weighted by Gasteiger charge is -2.08. The number of sulfone groups is 1. The van der Waals surface area contributed by atoms with E-state index in [2.05, 4.69) is 5.32 Å². The van der Waals surface area contributed by atoms with Gasteiger partial charge in [0, 0.05) is 12.8 Å². The van der Waals surface area contributed by atoms with Gasteiger partial charge in [0.2, 0.25) is 0 Å². The van der Waals surface area contributed by atoms with Crippen LogP contribution in [-0.2, 0) is 14.6 Å². The maximum atomic E-state index is 11.6. The molecule has 0 spiro atoms. The average Bonchev–Trinajstić information content (AvgIpc) is 2.48. The van der Waals surface area contributed by atoms with Crippen LogP contribution in [0, 0.1) is 0 Å². The molecule has 0 aliphatic heterocycles. The van der Waals surface area contributed by atoms with Gasteiger partial charge in [-0.1, -0.05) is 30.3 Å². The first-order chi connectivity index (χ1) is 10.4. The van der Waals surface area contributed by atoms with Crippen molar-refractivity contribution in [1.82, 2.24) is 5.32 Å². The van der Waals surface area contributed by atoms with Gasteiger partial charge in [-0.15, -0.1) is 0 Å². The number of benzene rings is 2. The monoisotopic (exact) mass is 321 g/mol. The van der Waals surface area contributed by atoms with E-state index in [-0.39, 0.29) is 18.3 Å². The predicted molar refractivity (Wildman–Crippen MR) is 86.8 cm³/mol. The molecule has 0 heterocycles. The second-order valence-electron chi connectivity index (χ2n) is 5.13. The van der Waals surface area contributed by atoms with E-state index in [1.165, 1.54) is 6.26 Å². The molecular formula is C16H19NO4S. The van der Waals surface area contributed by atoms with Gasteiger partial charge in [0.25, 0.3) is 5.91 Å². The first-order valence-electron chi connectivity index (χ1n) is 7.00. The number of carbonyl (C=O) groups excluding carboxylic acids is 1. The number of carbonyl (C=O) groups is 1. The molecule has 0 saturated carbocycles. The van der Waals surface area contributed by atoms with Crippen LogP contribution in [0.2, 0.25) is 0 Å². The van der Waals surface area contributed by atoms with E-state index in [9.17, 15) is 13.2 Å². The van der Waals surface area contributed by atoms with Crippen LogP contribution in [0.5, 0.6) is 5.75 Å². The molecule has 1 amide bonds. The minimum absolute atomic E-state index is 0.0683. The van der Waals surface area contributed by atoms with Crippen molar-refractivity contribution >= 4 is 26.5 Å². The lowest BCUT2D eigenvalue weighted by Crippen LogP contribution is -2.30. The van der Waals surface area contributed by atoms with E-state index in [1.807, 2.05) is 42.5 Å². The SMILES string of the molecule is CS(=O)(=O)CCCNC(=O)COc1ccc2ccccc2c1. The Hall–Kier alpha value is -2.08. The summed E-state index contributed by atoms with van der Waals surface area (Å²) in [5, 5.41) is 4.80. The molecule has 5 nitrogen and oxygen atoms in total. The van der Waals surface area contributed by atoms with E-state index in [0.717, 1.165) is 10.8 Å². The van der Waals surface area contributed by atoms with Gasteiger partial charge in [0.15, 0.2) is 6.61 Å². The second-order valence-corrected chi connectivity index (χ2v) is 7.39. The van der Waals surface area contributed by atoms with Crippen LogP contribution >= 0.6 is 0 Å². The molecule has 2 rings (SSSR count). The first-order valence-corrected chi connectivity index (χ1v) is 9.06. The zero-order valence-electron chi connectivity index (χ0n) is 12.4. The summed E-state index contributed by atoms with van der Waals surface area (Å²) in [6.45, 7) is 0.240. The summed E-state index contributed by atoms with van der Waals surface area (Å²) in [6.07, 6.45) is 1.58. The van der Waals surface area contributed by atoms with Gasteiger partial charge in [0.1, 0.15) is 15.6 Å². The maximum absolute atomic E-state index is 11.6. The molecule has 0 saturated heterocycles. The number of ether oxygens (including phenoxy) is 1. The van der Waals surface area contributed by atoms with Gasteiger partial charge in [-0.25, -0.2) is 8.42 Å². The van der Waals surface area contributed by atoms with E-state index in [4.69, 9.17) is 4.74 Å². The Balaban J connectivity index is 1.77. The van der Waals surface area contributed by atoms with Crippen molar-refractivity contribution in [1.29, 1.82) is 0 Å². The minimum Gasteiger partial charge on any atom is -0.484 e. The third-order valence-corrected chi connectivity index (χ3v) is 4.14. The Kier molecular flexibility index (Phi) is 5.38. The molecule has 0 bridgehead atoms. The number of fused-ring (bicyclic) bond motifs is 1. The van der Waals surface area contributed by atoms with Crippen molar-refractivity contribution < 1.29 is 17.9 Å². The molecule has 0 aromatic heterocycles. The Morgan fingerprint density at radius 1 is 1.14 bits per heavy atom. The molecule has 2 aromatic carbocycles. The number of hydrogen-bond donors (Lipinski definition) is 1. The topological polar surface area (TPSA) is 72.5 Å². The maximum Gasteiger partial charge on any atom is 0.257 e. The highest BCUT2D eigenvalue weighted by Gasteiger charge is 2.05. The van der Waals surface area contributed by atoms with Crippen molar-refractivity contribution in [3.8, 4) is 5.75 Å². The van der Waals surface area contributed by atoms with Crippen LogP contribution in [0.15, 0.2) is 42.5 Å². The molecule has 118 valence electrons. The number of hydrogen-bond acceptors (Lipinski definition) is 4. The van der Waals surface area contributed by atoms with Gasteiger partial charge < -0.3 is 10.1 Å². The summed E-state index contributed by atoms with van der Waals surface area (Å²) in [7, 11) is -2.98. The van der Waals surface area contributed by atoms with Crippen molar-refractivity contribution in [2.24, 2.45) is 0 Å². The number of rotatable bonds is 7. The number of nitrogens with one attached hydrogen (secondary N) is 1. The Morgan fingerprint density at radius 2 is 1.86 bits per heavy atom. The smallest absolute Gasteiger partial charge is 0.257 e. The third-order valence-electron chi connectivity index (χ3n) is 3.10. The Labute approximate surface area is 130 Å². The number of amides is 1. The third kappa shape index (κ3) is 5.37. The molecule has 0 aliphatic rings. The molecule has 2 aromatic rings. The fourth-order valence-electron chi connectivity index (χ4n) is 2.02. The fourth-order valence-corrected chi connectivity index (χ4v) is 2.69. The van der Waals surface area contributed by atoms with E-state index in [1.54, 1.807) is 0 Å². The van der Waals surface area contributed by atoms with Gasteiger partial charge in [-0.05, 0) is 29.3 Å². The zero-order chi connectivity index (χ0) is 16.0. The fraction of sp³-hybridized carbons (Fsp3) is 0.312. The highest BCUT2D eigenvalue weighted by Crippen LogP contribution is 2.20. The molecule has 0 radical (unpaired) electrons. The first kappa shape index (κ1) is 16.3. The average molecular weight is 321 g/mol. The quantitative estimate of drug-likeness (QED) is 0.789. The molecule has 22 heavy (non-hydrogen) atoms. The standard InChI is InChI=1S/C16H19NO4S/c1-22(19,20)10-4-9-17-16(18)12-21-15-8-7-13-5-2-3-6-14(13)11-15/h2-3,5-8,11H,4,9-10,12H2,1H3,(H,17,18). The van der Waals surface area contributed by atoms with E-state index >= 15 is 0 Å². The molecule has 0 fully saturated rings. The van der Waals surface area contributed by atoms with E-state index in [0.29, 0.717) is 18.7 Å². The summed E-state index contributed by atoms with van der Waals surface area (Å²) < 4.78 is 27.4. The highest BCUT2D eigenvalue weighted by atomic mass is 32.2. The lowest BCUT2D eigenvalue weighted by molar-refractivity contribution is -0.123. The Morgan fingerprint density at radius 3 is 2.59 bits per heavy atom. The van der Waals surface area contributed by atoms with Gasteiger partial charge in [0.05, 0.1) is 5.75 Å². The van der Waals surface area contributed by atoms with Crippen LogP contribution in [0.4, 0.5) is 0 Å². The van der Waals surface area contributed by atoms with Crippen molar-refractivity contribution in [2.75, 3.05) is 25.2 Å². The minimum atomic E-state index is -2.98. The summed E-state index contributed by atoms with van der Waals surface area (Å²) >= 11 is 0. The predicted octanol–water partition coefficient (Wildman–Crippen LogP) is 1.77. The summed E-state index contributed by atoms with van der Waals surface area (Å²) in [5.74, 6) is 0.436. The normalized spacial score (nSPS) is 11.3. The van der Waals surface area contributed by atoms with Crippen LogP contribution in [0.25, 0.3) is 10.8 Å². The summed E-state index contributed by atoms with van der Waals surface area (Å²) in [4.78, 5) is 11.6. The van der Waals surface area contributed by atoms with Crippen LogP contribution < -0.4 is 10.1 Å². The summed E-state index contributed by atoms with van der Waals surface area (Å²) in [5.41, 5.74) is 0. The van der Waals surface area contributed by atoms with Crippen molar-refractivity contribution in [2.45, 2.75) is 6.42 Å². The molecule has 6 heteroatoms. The van der Waals surface area contributed by atoms with Crippen LogP contribution in [0.3, 0.4) is 0 Å². The molecule has 1 N–H and O–H groups in total. The van der Waals surface area contributed by atoms with E-state index < -0.39 is 9.84 Å². The van der Waals surface area contributed by atoms with Crippen LogP contribution in [-0.4, -0.2) is 39.5 Å². The van der Waals surface area contributed by atoms with Gasteiger partial charge in [-0.3, -0.25) is 4.79 Å². The molecule has 0 unspecified atom stereocenters. The highest BCUT2D eigenvalue weighted by molar-refractivity contribution is 7.90. The molecule has 0 atom stereocenters. The molecule has 0 aliphatic carbocycles. The van der Waals surface area contributed by atoms with Crippen LogP contribution in [0.1, 0.15) is 6.42 Å².